The van der Waals surface area contributed by atoms with Crippen molar-refractivity contribution in [2.75, 3.05) is 0 Å². The van der Waals surface area contributed by atoms with Crippen molar-refractivity contribution in [1.29, 1.82) is 0 Å². The van der Waals surface area contributed by atoms with Gasteiger partial charge in [0.05, 0.1) is 20.1 Å². The topological polar surface area (TPSA) is 25.8 Å². The van der Waals surface area contributed by atoms with Gasteiger partial charge in [-0.2, -0.15) is 13.7 Å². The molecule has 2 fully saturated rings. The molecule has 0 spiro atoms. The Hall–Kier alpha value is -6.30. The van der Waals surface area contributed by atoms with Crippen LogP contribution in [0.1, 0.15) is 143 Å². The van der Waals surface area contributed by atoms with E-state index in [2.05, 4.69) is 187 Å². The van der Waals surface area contributed by atoms with Crippen LogP contribution >= 0.6 is 0 Å². The first kappa shape index (κ1) is 46.5. The Morgan fingerprint density at radius 1 is 0.685 bits per heavy atom. The van der Waals surface area contributed by atoms with Crippen molar-refractivity contribution < 1.29 is 13.6 Å². The number of pyridine rings is 1. The number of benzene rings is 6. The molecule has 0 saturated heterocycles. The Morgan fingerprint density at radius 3 is 2.22 bits per heavy atom. The standard InChI is InChI=1S/C68H73N3OSi/c1-44(2)49-31-34-60(56(38-49)48-24-14-9-15-25-48)71-62-29-19-18-28-61(62)70-45(3)36-63-55(53-26-16-17-27-54(53)64-40-52(37-46-20-10-7-11-21-46)67(43-69(63)64)73(4,5)6)33-30-51-41-66-59(42-57(51)68(70)71)58-39-50(32-35-65(58)72-66)47-22-12-8-13-23-47/h9,14-19,24-29,31-32,34-35,38-44,46-47,55,63H,3,7-8,10-13,20-23,30,33,36-37H2,1-2,4-6H3/q+2. The maximum Gasteiger partial charge on any atom is 0.300 e. The first-order valence-corrected chi connectivity index (χ1v) is 31.7. The third-order valence-electron chi connectivity index (χ3n) is 18.0. The minimum atomic E-state index is -1.76. The van der Waals surface area contributed by atoms with Crippen LogP contribution in [0.2, 0.25) is 19.6 Å². The number of aromatic nitrogens is 3. The molecule has 2 saturated carbocycles. The lowest BCUT2D eigenvalue weighted by Gasteiger charge is -2.33. The van der Waals surface area contributed by atoms with Crippen LogP contribution < -0.4 is 14.3 Å². The van der Waals surface area contributed by atoms with E-state index in [9.17, 15) is 0 Å². The molecule has 5 heterocycles. The van der Waals surface area contributed by atoms with Crippen LogP contribution in [0.3, 0.4) is 0 Å². The third kappa shape index (κ3) is 8.16. The van der Waals surface area contributed by atoms with Crippen molar-refractivity contribution in [3.8, 4) is 39.5 Å². The second kappa shape index (κ2) is 18.6. The quantitative estimate of drug-likeness (QED) is 0.115. The Balaban J connectivity index is 1.07. The molecule has 2 aliphatic carbocycles. The van der Waals surface area contributed by atoms with Crippen molar-refractivity contribution in [3.05, 3.63) is 174 Å². The predicted molar refractivity (Wildman–Crippen MR) is 307 cm³/mol. The SMILES string of the molecule is C=C1CC2C(CCc3cc4oc5ccc(C6CCCCC6)cc5c4cc3-c3n1c1ccccc1[n+]3-c1ccc(C(C)C)cc1-c1ccccc1)c1ccccc1-c1cc(CC3CCCCC3)c([Si](C)(C)C)c[n+]12. The number of rotatable bonds is 7. The van der Waals surface area contributed by atoms with Crippen LogP contribution in [0, 0.1) is 5.92 Å². The molecule has 9 aromatic rings. The van der Waals surface area contributed by atoms with E-state index in [1.165, 1.54) is 154 Å². The highest BCUT2D eigenvalue weighted by Gasteiger charge is 2.45. The maximum atomic E-state index is 6.97. The minimum Gasteiger partial charge on any atom is -0.456 e. The van der Waals surface area contributed by atoms with E-state index in [4.69, 9.17) is 11.0 Å². The summed E-state index contributed by atoms with van der Waals surface area (Å²) in [4.78, 5) is 0. The molecule has 3 aromatic heterocycles. The molecule has 2 atom stereocenters. The van der Waals surface area contributed by atoms with Crippen molar-refractivity contribution in [2.24, 2.45) is 5.92 Å². The van der Waals surface area contributed by atoms with Gasteiger partial charge in [0, 0.05) is 39.1 Å². The number of fused-ring (bicyclic) bond motifs is 14. The van der Waals surface area contributed by atoms with E-state index in [1.54, 1.807) is 10.8 Å². The molecule has 5 heteroatoms. The fourth-order valence-electron chi connectivity index (χ4n) is 14.3. The van der Waals surface area contributed by atoms with Gasteiger partial charge in [-0.1, -0.05) is 164 Å². The van der Waals surface area contributed by atoms with Crippen LogP contribution in [-0.2, 0) is 12.8 Å². The molecule has 0 radical (unpaired) electrons. The van der Waals surface area contributed by atoms with E-state index in [-0.39, 0.29) is 12.0 Å². The Morgan fingerprint density at radius 2 is 1.42 bits per heavy atom. The van der Waals surface area contributed by atoms with Gasteiger partial charge >= 0.3 is 0 Å². The van der Waals surface area contributed by atoms with Gasteiger partial charge in [0.1, 0.15) is 22.6 Å². The van der Waals surface area contributed by atoms with Gasteiger partial charge in [0.25, 0.3) is 5.82 Å². The van der Waals surface area contributed by atoms with E-state index in [1.807, 2.05) is 0 Å². The van der Waals surface area contributed by atoms with E-state index in [0.717, 1.165) is 42.0 Å². The second-order valence-electron chi connectivity index (χ2n) is 24.0. The molecule has 73 heavy (non-hydrogen) atoms. The highest BCUT2D eigenvalue weighted by Crippen LogP contribution is 2.48. The summed E-state index contributed by atoms with van der Waals surface area (Å²) >= 11 is 0. The normalized spacial score (nSPS) is 18.7. The molecule has 4 nitrogen and oxygen atoms in total. The van der Waals surface area contributed by atoms with Crippen LogP contribution in [0.15, 0.2) is 151 Å². The summed E-state index contributed by atoms with van der Waals surface area (Å²) in [5, 5.41) is 4.06. The average molecular weight is 976 g/mol. The number of hydrogen-bond acceptors (Lipinski definition) is 1. The number of para-hydroxylation sites is 2. The molecule has 2 unspecified atom stereocenters. The smallest absolute Gasteiger partial charge is 0.300 e. The third-order valence-corrected chi connectivity index (χ3v) is 20.1. The summed E-state index contributed by atoms with van der Waals surface area (Å²) in [5.74, 6) is 3.23. The highest BCUT2D eigenvalue weighted by molar-refractivity contribution is 6.89. The molecular formula is C68H73N3OSi+2. The van der Waals surface area contributed by atoms with Crippen LogP contribution in [-0.4, -0.2) is 12.6 Å². The maximum absolute atomic E-state index is 6.97. The zero-order valence-corrected chi connectivity index (χ0v) is 45.0. The molecule has 4 aliphatic rings. The highest BCUT2D eigenvalue weighted by atomic mass is 28.3. The molecule has 13 rings (SSSR count). The van der Waals surface area contributed by atoms with Gasteiger partial charge in [-0.15, -0.1) is 0 Å². The lowest BCUT2D eigenvalue weighted by atomic mass is 9.77. The first-order valence-electron chi connectivity index (χ1n) is 28.2. The van der Waals surface area contributed by atoms with E-state index in [0.29, 0.717) is 11.8 Å². The second-order valence-corrected chi connectivity index (χ2v) is 29.1. The average Bonchev–Trinajstić information content (AvgIpc) is 3.96. The van der Waals surface area contributed by atoms with Gasteiger partial charge in [-0.3, -0.25) is 0 Å². The van der Waals surface area contributed by atoms with Gasteiger partial charge in [-0.25, -0.2) is 0 Å². The monoisotopic (exact) mass is 976 g/mol. The predicted octanol–water partition coefficient (Wildman–Crippen LogP) is 17.1. The van der Waals surface area contributed by atoms with E-state index < -0.39 is 8.07 Å². The van der Waals surface area contributed by atoms with Crippen molar-refractivity contribution in [3.63, 3.8) is 0 Å². The number of aryl methyl sites for hydroxylation is 1. The summed E-state index contributed by atoms with van der Waals surface area (Å²) in [5.41, 5.74) is 20.4. The molecule has 368 valence electrons. The Labute approximate surface area is 434 Å². The number of hydrogen-bond donors (Lipinski definition) is 0. The molecule has 6 aromatic carbocycles. The zero-order chi connectivity index (χ0) is 49.5. The van der Waals surface area contributed by atoms with Gasteiger partial charge in [-0.05, 0) is 138 Å². The lowest BCUT2D eigenvalue weighted by molar-refractivity contribution is -0.716. The van der Waals surface area contributed by atoms with Crippen LogP contribution in [0.4, 0.5) is 0 Å². The summed E-state index contributed by atoms with van der Waals surface area (Å²) in [7, 11) is -1.76. The van der Waals surface area contributed by atoms with Crippen molar-refractivity contribution in [1.82, 2.24) is 4.57 Å². The van der Waals surface area contributed by atoms with Gasteiger partial charge in [0.2, 0.25) is 5.69 Å². The fraction of sp³-hybridized carbons (Fsp3) is 0.353. The van der Waals surface area contributed by atoms with Crippen LogP contribution in [0.25, 0.3) is 78.1 Å². The van der Waals surface area contributed by atoms with Crippen LogP contribution in [0.5, 0.6) is 0 Å². The Kier molecular flexibility index (Phi) is 11.8. The Bertz CT molecular complexity index is 3590. The molecule has 0 bridgehead atoms. The van der Waals surface area contributed by atoms with Gasteiger partial charge in [0.15, 0.2) is 23.3 Å². The summed E-state index contributed by atoms with van der Waals surface area (Å²) < 4.78 is 14.9. The zero-order valence-electron chi connectivity index (χ0n) is 44.0. The molecule has 0 N–H and O–H groups in total. The van der Waals surface area contributed by atoms with E-state index >= 15 is 0 Å². The van der Waals surface area contributed by atoms with Gasteiger partial charge < -0.3 is 4.42 Å². The summed E-state index contributed by atoms with van der Waals surface area (Å²) in [6, 6.07) is 51.8. The largest absolute Gasteiger partial charge is 0.456 e. The number of allylic oxidation sites excluding steroid dienone is 1. The molecule has 2 aliphatic heterocycles. The minimum absolute atomic E-state index is 0.179. The molecular weight excluding hydrogens is 903 g/mol. The number of nitrogens with zero attached hydrogens (tertiary/aromatic N) is 3. The lowest BCUT2D eigenvalue weighted by Crippen LogP contribution is -2.54. The number of furan rings is 1. The summed E-state index contributed by atoms with van der Waals surface area (Å²) in [6.07, 6.45) is 20.0. The number of imidazole rings is 1. The van der Waals surface area contributed by atoms with Crippen molar-refractivity contribution >= 4 is 51.9 Å². The first-order chi connectivity index (χ1) is 35.6. The molecule has 0 amide bonds. The fourth-order valence-corrected chi connectivity index (χ4v) is 15.9. The summed E-state index contributed by atoms with van der Waals surface area (Å²) in [6.45, 7) is 17.6. The van der Waals surface area contributed by atoms with Crippen molar-refractivity contribution in [2.45, 2.75) is 147 Å².